The molecule has 0 atom stereocenters. The van der Waals surface area contributed by atoms with Crippen LogP contribution >= 0.6 is 0 Å². The van der Waals surface area contributed by atoms with Crippen molar-refractivity contribution in [2.24, 2.45) is 5.92 Å². The molecule has 0 aromatic heterocycles. The van der Waals surface area contributed by atoms with Crippen molar-refractivity contribution in [2.75, 3.05) is 25.0 Å². The summed E-state index contributed by atoms with van der Waals surface area (Å²) in [7, 11) is 0. The fourth-order valence-corrected chi connectivity index (χ4v) is 3.32. The number of aryl methyl sites for hydroxylation is 1. The lowest BCUT2D eigenvalue weighted by Crippen LogP contribution is -2.43. The summed E-state index contributed by atoms with van der Waals surface area (Å²) in [4.78, 5) is 38.0. The third-order valence-corrected chi connectivity index (χ3v) is 4.99. The van der Waals surface area contributed by atoms with E-state index < -0.39 is 5.97 Å². The highest BCUT2D eigenvalue weighted by atomic mass is 16.5. The molecule has 0 aliphatic carbocycles. The number of para-hydroxylation sites is 1. The van der Waals surface area contributed by atoms with Crippen molar-refractivity contribution in [1.82, 2.24) is 4.90 Å². The maximum absolute atomic E-state index is 12.6. The number of carboxylic acids is 1. The zero-order valence-electron chi connectivity index (χ0n) is 16.3. The van der Waals surface area contributed by atoms with Gasteiger partial charge in [0, 0.05) is 19.0 Å². The Bertz CT molecular complexity index is 889. The Morgan fingerprint density at radius 3 is 2.45 bits per heavy atom. The molecule has 1 aliphatic heterocycles. The van der Waals surface area contributed by atoms with Gasteiger partial charge >= 0.3 is 5.97 Å². The Balaban J connectivity index is 1.51. The van der Waals surface area contributed by atoms with E-state index in [0.717, 1.165) is 5.56 Å². The monoisotopic (exact) mass is 396 g/mol. The minimum Gasteiger partial charge on any atom is -0.484 e. The Morgan fingerprint density at radius 2 is 1.79 bits per heavy atom. The average molecular weight is 396 g/mol. The molecule has 1 saturated heterocycles. The number of ether oxygens (including phenoxy) is 1. The molecule has 1 fully saturated rings. The van der Waals surface area contributed by atoms with E-state index in [4.69, 9.17) is 4.74 Å². The van der Waals surface area contributed by atoms with Gasteiger partial charge in [-0.15, -0.1) is 0 Å². The Hall–Kier alpha value is -3.35. The van der Waals surface area contributed by atoms with Gasteiger partial charge in [-0.2, -0.15) is 0 Å². The number of amides is 2. The molecule has 2 aromatic carbocycles. The first-order chi connectivity index (χ1) is 13.9. The number of carboxylic acid groups (broad SMARTS) is 1. The number of likely N-dealkylation sites (tertiary alicyclic amines) is 1. The third-order valence-electron chi connectivity index (χ3n) is 4.99. The minimum atomic E-state index is -1.08. The molecule has 0 unspecified atom stereocenters. The highest BCUT2D eigenvalue weighted by Gasteiger charge is 2.28. The lowest BCUT2D eigenvalue weighted by atomic mass is 9.95. The molecule has 0 bridgehead atoms. The summed E-state index contributed by atoms with van der Waals surface area (Å²) in [5.74, 6) is -1.04. The van der Waals surface area contributed by atoms with Crippen LogP contribution in [0, 0.1) is 12.8 Å². The van der Waals surface area contributed by atoms with Gasteiger partial charge in [-0.1, -0.05) is 29.8 Å². The van der Waals surface area contributed by atoms with Crippen LogP contribution in [0.1, 0.15) is 28.8 Å². The van der Waals surface area contributed by atoms with Crippen LogP contribution in [0.5, 0.6) is 5.75 Å². The van der Waals surface area contributed by atoms with Gasteiger partial charge in [0.05, 0.1) is 11.3 Å². The van der Waals surface area contributed by atoms with Gasteiger partial charge in [0.15, 0.2) is 6.61 Å². The lowest BCUT2D eigenvalue weighted by Gasteiger charge is -2.31. The van der Waals surface area contributed by atoms with Crippen molar-refractivity contribution >= 4 is 23.5 Å². The van der Waals surface area contributed by atoms with Crippen LogP contribution in [0.15, 0.2) is 48.5 Å². The Labute approximate surface area is 169 Å². The molecule has 3 rings (SSSR count). The summed E-state index contributed by atoms with van der Waals surface area (Å²) in [6, 6.07) is 14.0. The van der Waals surface area contributed by atoms with Gasteiger partial charge in [0.1, 0.15) is 5.75 Å². The van der Waals surface area contributed by atoms with Gasteiger partial charge in [-0.05, 0) is 44.0 Å². The predicted molar refractivity (Wildman–Crippen MR) is 108 cm³/mol. The number of hydrogen-bond donors (Lipinski definition) is 2. The topological polar surface area (TPSA) is 95.9 Å². The second kappa shape index (κ2) is 9.23. The van der Waals surface area contributed by atoms with Crippen LogP contribution in [0.2, 0.25) is 0 Å². The van der Waals surface area contributed by atoms with E-state index in [1.165, 1.54) is 6.07 Å². The third kappa shape index (κ3) is 5.34. The largest absolute Gasteiger partial charge is 0.484 e. The molecule has 7 nitrogen and oxygen atoms in total. The number of carbonyl (C=O) groups excluding carboxylic acids is 2. The standard InChI is InChI=1S/C22H24N2O5/c1-15-7-8-19(18(13-15)22(27)28)23-21(26)16-9-11-24(12-10-16)20(25)14-29-17-5-3-2-4-6-17/h2-8,13,16H,9-12,14H2,1H3,(H,23,26)(H,27,28). The summed E-state index contributed by atoms with van der Waals surface area (Å²) in [6.07, 6.45) is 1.05. The van der Waals surface area contributed by atoms with E-state index in [-0.39, 0.29) is 29.9 Å². The maximum atomic E-state index is 12.6. The fraction of sp³-hybridized carbons (Fsp3) is 0.318. The van der Waals surface area contributed by atoms with Crippen molar-refractivity contribution in [1.29, 1.82) is 0 Å². The SMILES string of the molecule is Cc1ccc(NC(=O)C2CCN(C(=O)COc3ccccc3)CC2)c(C(=O)O)c1. The summed E-state index contributed by atoms with van der Waals surface area (Å²) in [5.41, 5.74) is 1.18. The Morgan fingerprint density at radius 1 is 1.10 bits per heavy atom. The van der Waals surface area contributed by atoms with Gasteiger partial charge in [-0.25, -0.2) is 4.79 Å². The highest BCUT2D eigenvalue weighted by molar-refractivity contribution is 6.01. The summed E-state index contributed by atoms with van der Waals surface area (Å²) in [5, 5.41) is 12.1. The molecule has 7 heteroatoms. The highest BCUT2D eigenvalue weighted by Crippen LogP contribution is 2.22. The van der Waals surface area contributed by atoms with Crippen LogP contribution in [0.4, 0.5) is 5.69 Å². The first-order valence-corrected chi connectivity index (χ1v) is 9.54. The smallest absolute Gasteiger partial charge is 0.337 e. The molecule has 2 aromatic rings. The number of carbonyl (C=O) groups is 3. The van der Waals surface area contributed by atoms with Gasteiger partial charge in [-0.3, -0.25) is 9.59 Å². The maximum Gasteiger partial charge on any atom is 0.337 e. The molecule has 152 valence electrons. The van der Waals surface area contributed by atoms with Crippen molar-refractivity contribution in [3.05, 3.63) is 59.7 Å². The molecule has 1 aliphatic rings. The molecule has 0 spiro atoms. The van der Waals surface area contributed by atoms with Crippen LogP contribution in [-0.2, 0) is 9.59 Å². The van der Waals surface area contributed by atoms with Crippen LogP contribution in [0.3, 0.4) is 0 Å². The zero-order chi connectivity index (χ0) is 20.8. The molecular formula is C22H24N2O5. The predicted octanol–water partition coefficient (Wildman–Crippen LogP) is 2.95. The molecule has 0 saturated carbocycles. The number of aromatic carboxylic acids is 1. The Kier molecular flexibility index (Phi) is 6.49. The van der Waals surface area contributed by atoms with Crippen LogP contribution in [0.25, 0.3) is 0 Å². The number of hydrogen-bond acceptors (Lipinski definition) is 4. The van der Waals surface area contributed by atoms with Crippen molar-refractivity contribution in [2.45, 2.75) is 19.8 Å². The second-order valence-corrected chi connectivity index (χ2v) is 7.10. The van der Waals surface area contributed by atoms with E-state index in [1.807, 2.05) is 18.2 Å². The van der Waals surface area contributed by atoms with Crippen LogP contribution < -0.4 is 10.1 Å². The van der Waals surface area contributed by atoms with Crippen molar-refractivity contribution < 1.29 is 24.2 Å². The normalized spacial score (nSPS) is 14.3. The lowest BCUT2D eigenvalue weighted by molar-refractivity contribution is -0.136. The molecule has 2 amide bonds. The number of nitrogens with one attached hydrogen (secondary N) is 1. The van der Waals surface area contributed by atoms with Crippen molar-refractivity contribution in [3.63, 3.8) is 0 Å². The van der Waals surface area contributed by atoms with E-state index in [1.54, 1.807) is 36.1 Å². The quantitative estimate of drug-likeness (QED) is 0.783. The first kappa shape index (κ1) is 20.4. The number of anilines is 1. The summed E-state index contributed by atoms with van der Waals surface area (Å²) in [6.45, 7) is 2.70. The average Bonchev–Trinajstić information content (AvgIpc) is 2.74. The number of rotatable bonds is 6. The number of nitrogens with zero attached hydrogens (tertiary/aromatic N) is 1. The first-order valence-electron chi connectivity index (χ1n) is 9.54. The minimum absolute atomic E-state index is 0.0355. The molecular weight excluding hydrogens is 372 g/mol. The number of piperidine rings is 1. The van der Waals surface area contributed by atoms with E-state index >= 15 is 0 Å². The number of benzene rings is 2. The van der Waals surface area contributed by atoms with Crippen LogP contribution in [-0.4, -0.2) is 47.5 Å². The van der Waals surface area contributed by atoms with E-state index in [9.17, 15) is 19.5 Å². The van der Waals surface area contributed by atoms with Gasteiger partial charge in [0.25, 0.3) is 5.91 Å². The molecule has 1 heterocycles. The summed E-state index contributed by atoms with van der Waals surface area (Å²) < 4.78 is 5.49. The van der Waals surface area contributed by atoms with E-state index in [2.05, 4.69) is 5.32 Å². The molecule has 0 radical (unpaired) electrons. The van der Waals surface area contributed by atoms with Gasteiger partial charge < -0.3 is 20.1 Å². The fourth-order valence-electron chi connectivity index (χ4n) is 3.32. The zero-order valence-corrected chi connectivity index (χ0v) is 16.3. The van der Waals surface area contributed by atoms with Crippen molar-refractivity contribution in [3.8, 4) is 5.75 Å². The molecule has 29 heavy (non-hydrogen) atoms. The summed E-state index contributed by atoms with van der Waals surface area (Å²) >= 11 is 0. The van der Waals surface area contributed by atoms with Gasteiger partial charge in [0.2, 0.25) is 5.91 Å². The molecule has 2 N–H and O–H groups in total. The second-order valence-electron chi connectivity index (χ2n) is 7.10. The van der Waals surface area contributed by atoms with E-state index in [0.29, 0.717) is 37.4 Å².